The fourth-order valence-electron chi connectivity index (χ4n) is 2.39. The van der Waals surface area contributed by atoms with E-state index in [0.717, 1.165) is 11.3 Å². The molecule has 2 rings (SSSR count). The first-order chi connectivity index (χ1) is 11.1. The van der Waals surface area contributed by atoms with Gasteiger partial charge in [-0.1, -0.05) is 6.07 Å². The van der Waals surface area contributed by atoms with Crippen molar-refractivity contribution in [2.24, 2.45) is 7.05 Å². The maximum Gasteiger partial charge on any atom is 0.268 e. The van der Waals surface area contributed by atoms with Gasteiger partial charge in [0.1, 0.15) is 5.69 Å². The number of carbonyl (C=O) groups is 1. The quantitative estimate of drug-likeness (QED) is 0.852. The van der Waals surface area contributed by atoms with Crippen LogP contribution < -0.4 is 14.8 Å². The highest BCUT2D eigenvalue weighted by Crippen LogP contribution is 2.30. The molecule has 0 aliphatic carbocycles. The lowest BCUT2D eigenvalue weighted by Crippen LogP contribution is -2.28. The third-order valence-corrected chi connectivity index (χ3v) is 3.59. The van der Waals surface area contributed by atoms with Crippen molar-refractivity contribution >= 4 is 5.91 Å². The second-order valence-electron chi connectivity index (χ2n) is 5.27. The SMILES string of the molecule is CCOc1ccc(C(C)NC(=O)c2cccn2C)cc1OCC. The monoisotopic (exact) mass is 316 g/mol. The average Bonchev–Trinajstić information content (AvgIpc) is 2.95. The molecule has 1 amide bonds. The highest BCUT2D eigenvalue weighted by Gasteiger charge is 2.15. The summed E-state index contributed by atoms with van der Waals surface area (Å²) in [6, 6.07) is 9.27. The Kier molecular flexibility index (Phi) is 5.68. The van der Waals surface area contributed by atoms with E-state index in [9.17, 15) is 4.79 Å². The van der Waals surface area contributed by atoms with Crippen LogP contribution in [0.4, 0.5) is 0 Å². The topological polar surface area (TPSA) is 52.5 Å². The number of rotatable bonds is 7. The molecule has 2 aromatic rings. The van der Waals surface area contributed by atoms with Crippen molar-refractivity contribution in [3.05, 3.63) is 47.8 Å². The number of hydrogen-bond donors (Lipinski definition) is 1. The van der Waals surface area contributed by atoms with Gasteiger partial charge in [0.2, 0.25) is 0 Å². The minimum Gasteiger partial charge on any atom is -0.490 e. The summed E-state index contributed by atoms with van der Waals surface area (Å²) in [6.45, 7) is 6.97. The third-order valence-electron chi connectivity index (χ3n) is 3.59. The van der Waals surface area contributed by atoms with Crippen molar-refractivity contribution in [3.63, 3.8) is 0 Å². The minimum absolute atomic E-state index is 0.100. The lowest BCUT2D eigenvalue weighted by molar-refractivity contribution is 0.0931. The first-order valence-corrected chi connectivity index (χ1v) is 7.88. The number of carbonyl (C=O) groups excluding carboxylic acids is 1. The molecule has 0 saturated carbocycles. The molecule has 0 bridgehead atoms. The summed E-state index contributed by atoms with van der Waals surface area (Å²) in [7, 11) is 1.85. The molecule has 0 aliphatic heterocycles. The first kappa shape index (κ1) is 16.9. The molecule has 5 heteroatoms. The molecule has 1 atom stereocenters. The predicted molar refractivity (Wildman–Crippen MR) is 90.1 cm³/mol. The largest absolute Gasteiger partial charge is 0.490 e. The molecule has 124 valence electrons. The Hall–Kier alpha value is -2.43. The van der Waals surface area contributed by atoms with E-state index in [0.29, 0.717) is 24.7 Å². The standard InChI is InChI=1S/C18H24N2O3/c1-5-22-16-10-9-14(12-17(16)23-6-2)13(3)19-18(21)15-8-7-11-20(15)4/h7-13H,5-6H2,1-4H3,(H,19,21). The third kappa shape index (κ3) is 4.06. The van der Waals surface area contributed by atoms with Gasteiger partial charge in [-0.3, -0.25) is 4.79 Å². The fourth-order valence-corrected chi connectivity index (χ4v) is 2.39. The van der Waals surface area contributed by atoms with Crippen LogP contribution in [0, 0.1) is 0 Å². The van der Waals surface area contributed by atoms with Crippen LogP contribution in [0.5, 0.6) is 11.5 Å². The van der Waals surface area contributed by atoms with E-state index >= 15 is 0 Å². The summed E-state index contributed by atoms with van der Waals surface area (Å²) in [5, 5.41) is 3.00. The van der Waals surface area contributed by atoms with Gasteiger partial charge in [0, 0.05) is 13.2 Å². The number of aromatic nitrogens is 1. The Morgan fingerprint density at radius 1 is 1.17 bits per heavy atom. The van der Waals surface area contributed by atoms with Crippen LogP contribution in [0.2, 0.25) is 0 Å². The van der Waals surface area contributed by atoms with Crippen LogP contribution in [-0.4, -0.2) is 23.7 Å². The number of amides is 1. The van der Waals surface area contributed by atoms with Gasteiger partial charge >= 0.3 is 0 Å². The zero-order valence-corrected chi connectivity index (χ0v) is 14.1. The number of ether oxygens (including phenoxy) is 2. The first-order valence-electron chi connectivity index (χ1n) is 7.88. The molecule has 0 radical (unpaired) electrons. The number of benzene rings is 1. The van der Waals surface area contributed by atoms with Gasteiger partial charge in [0.25, 0.3) is 5.91 Å². The molecule has 1 aromatic carbocycles. The van der Waals surface area contributed by atoms with Gasteiger partial charge < -0.3 is 19.4 Å². The van der Waals surface area contributed by atoms with Crippen LogP contribution in [0.1, 0.15) is 42.9 Å². The van der Waals surface area contributed by atoms with E-state index < -0.39 is 0 Å². The van der Waals surface area contributed by atoms with Crippen molar-refractivity contribution in [2.75, 3.05) is 13.2 Å². The van der Waals surface area contributed by atoms with E-state index in [1.165, 1.54) is 0 Å². The second kappa shape index (κ2) is 7.72. The van der Waals surface area contributed by atoms with Crippen molar-refractivity contribution in [3.8, 4) is 11.5 Å². The molecule has 5 nitrogen and oxygen atoms in total. The Bertz CT molecular complexity index is 664. The smallest absolute Gasteiger partial charge is 0.268 e. The molecule has 0 spiro atoms. The summed E-state index contributed by atoms with van der Waals surface area (Å²) >= 11 is 0. The van der Waals surface area contributed by atoms with Crippen LogP contribution in [0.15, 0.2) is 36.5 Å². The normalized spacial score (nSPS) is 11.8. The fraction of sp³-hybridized carbons (Fsp3) is 0.389. The molecule has 23 heavy (non-hydrogen) atoms. The van der Waals surface area contributed by atoms with Crippen LogP contribution in [0.25, 0.3) is 0 Å². The average molecular weight is 316 g/mol. The summed E-state index contributed by atoms with van der Waals surface area (Å²) in [5.74, 6) is 1.32. The van der Waals surface area contributed by atoms with Gasteiger partial charge in [0.15, 0.2) is 11.5 Å². The van der Waals surface area contributed by atoms with E-state index in [-0.39, 0.29) is 11.9 Å². The van der Waals surface area contributed by atoms with Gasteiger partial charge in [-0.25, -0.2) is 0 Å². The van der Waals surface area contributed by atoms with Crippen molar-refractivity contribution < 1.29 is 14.3 Å². The van der Waals surface area contributed by atoms with Crippen molar-refractivity contribution in [1.82, 2.24) is 9.88 Å². The molecule has 1 aromatic heterocycles. The summed E-state index contributed by atoms with van der Waals surface area (Å²) < 4.78 is 13.0. The Balaban J connectivity index is 2.15. The predicted octanol–water partition coefficient (Wildman–Crippen LogP) is 3.31. The highest BCUT2D eigenvalue weighted by molar-refractivity contribution is 5.92. The van der Waals surface area contributed by atoms with Crippen LogP contribution in [-0.2, 0) is 7.05 Å². The molecule has 1 unspecified atom stereocenters. The highest BCUT2D eigenvalue weighted by atomic mass is 16.5. The maximum absolute atomic E-state index is 12.3. The van der Waals surface area contributed by atoms with E-state index in [1.54, 1.807) is 10.6 Å². The lowest BCUT2D eigenvalue weighted by Gasteiger charge is -2.17. The van der Waals surface area contributed by atoms with E-state index in [1.807, 2.05) is 58.3 Å². The van der Waals surface area contributed by atoms with Crippen molar-refractivity contribution in [2.45, 2.75) is 26.8 Å². The Labute approximate surface area is 137 Å². The Morgan fingerprint density at radius 3 is 2.48 bits per heavy atom. The van der Waals surface area contributed by atoms with Gasteiger partial charge in [-0.15, -0.1) is 0 Å². The molecule has 1 N–H and O–H groups in total. The zero-order valence-electron chi connectivity index (χ0n) is 14.1. The summed E-state index contributed by atoms with van der Waals surface area (Å²) in [4.78, 5) is 12.3. The Morgan fingerprint density at radius 2 is 1.87 bits per heavy atom. The molecule has 0 fully saturated rings. The molecule has 0 aliphatic rings. The van der Waals surface area contributed by atoms with Crippen molar-refractivity contribution in [1.29, 1.82) is 0 Å². The number of nitrogens with zero attached hydrogens (tertiary/aromatic N) is 1. The van der Waals surface area contributed by atoms with Gasteiger partial charge in [-0.05, 0) is 50.6 Å². The molecular formula is C18H24N2O3. The van der Waals surface area contributed by atoms with Crippen LogP contribution >= 0.6 is 0 Å². The number of aryl methyl sites for hydroxylation is 1. The van der Waals surface area contributed by atoms with E-state index in [4.69, 9.17) is 9.47 Å². The van der Waals surface area contributed by atoms with Gasteiger partial charge in [-0.2, -0.15) is 0 Å². The van der Waals surface area contributed by atoms with Crippen LogP contribution in [0.3, 0.4) is 0 Å². The zero-order chi connectivity index (χ0) is 16.8. The number of hydrogen-bond acceptors (Lipinski definition) is 3. The lowest BCUT2D eigenvalue weighted by atomic mass is 10.1. The maximum atomic E-state index is 12.3. The summed E-state index contributed by atoms with van der Waals surface area (Å²) in [5.41, 5.74) is 1.60. The van der Waals surface area contributed by atoms with E-state index in [2.05, 4.69) is 5.32 Å². The molecular weight excluding hydrogens is 292 g/mol. The number of nitrogens with one attached hydrogen (secondary N) is 1. The molecule has 1 heterocycles. The molecule has 0 saturated heterocycles. The minimum atomic E-state index is -0.132. The second-order valence-corrected chi connectivity index (χ2v) is 5.27. The van der Waals surface area contributed by atoms with Gasteiger partial charge in [0.05, 0.1) is 19.3 Å². The summed E-state index contributed by atoms with van der Waals surface area (Å²) in [6.07, 6.45) is 1.85.